The van der Waals surface area contributed by atoms with E-state index in [2.05, 4.69) is 11.4 Å². The number of carbonyl (C=O) groups is 1. The second-order valence-corrected chi connectivity index (χ2v) is 5.42. The molecular formula is C19H20N2O3. The summed E-state index contributed by atoms with van der Waals surface area (Å²) >= 11 is 0. The van der Waals surface area contributed by atoms with Gasteiger partial charge in [-0.2, -0.15) is 5.26 Å². The molecule has 0 heterocycles. The van der Waals surface area contributed by atoms with Crippen LogP contribution >= 0.6 is 0 Å². The first kappa shape index (κ1) is 17.5. The maximum atomic E-state index is 10.4. The molecule has 0 fully saturated rings. The van der Waals surface area contributed by atoms with E-state index in [4.69, 9.17) is 15.1 Å². The second-order valence-electron chi connectivity index (χ2n) is 5.42. The third kappa shape index (κ3) is 6.11. The van der Waals surface area contributed by atoms with Crippen LogP contribution in [0.3, 0.4) is 0 Å². The molecule has 2 N–H and O–H groups in total. The van der Waals surface area contributed by atoms with Crippen molar-refractivity contribution in [2.24, 2.45) is 0 Å². The molecule has 2 rings (SSSR count). The molecule has 0 aliphatic heterocycles. The molecule has 0 unspecified atom stereocenters. The normalized spacial score (nSPS) is 10.1. The molecule has 0 saturated heterocycles. The molecular weight excluding hydrogens is 304 g/mol. The predicted octanol–water partition coefficient (Wildman–Crippen LogP) is 3.09. The molecule has 2 aromatic rings. The number of rotatable bonds is 9. The fourth-order valence-corrected chi connectivity index (χ4v) is 2.24. The zero-order valence-electron chi connectivity index (χ0n) is 13.4. The van der Waals surface area contributed by atoms with Gasteiger partial charge in [-0.25, -0.2) is 0 Å². The quantitative estimate of drug-likeness (QED) is 0.693. The molecule has 124 valence electrons. The van der Waals surface area contributed by atoms with E-state index in [1.54, 1.807) is 6.07 Å². The Morgan fingerprint density at radius 1 is 1.17 bits per heavy atom. The number of hydrogen-bond donors (Lipinski definition) is 2. The smallest absolute Gasteiger partial charge is 0.303 e. The number of nitriles is 1. The first-order valence-corrected chi connectivity index (χ1v) is 7.80. The number of carboxylic acid groups (broad SMARTS) is 1. The number of benzene rings is 2. The maximum absolute atomic E-state index is 10.4. The average molecular weight is 324 g/mol. The van der Waals surface area contributed by atoms with Gasteiger partial charge in [-0.05, 0) is 48.4 Å². The van der Waals surface area contributed by atoms with Gasteiger partial charge in [0.2, 0.25) is 0 Å². The van der Waals surface area contributed by atoms with E-state index in [1.165, 1.54) is 0 Å². The lowest BCUT2D eigenvalue weighted by Crippen LogP contribution is -2.15. The van der Waals surface area contributed by atoms with Crippen molar-refractivity contribution in [3.8, 4) is 11.8 Å². The summed E-state index contributed by atoms with van der Waals surface area (Å²) < 4.78 is 5.78. The molecule has 0 amide bonds. The molecule has 5 nitrogen and oxygen atoms in total. The Labute approximate surface area is 141 Å². The Balaban J connectivity index is 1.81. The Morgan fingerprint density at radius 3 is 2.75 bits per heavy atom. The van der Waals surface area contributed by atoms with Gasteiger partial charge in [0.1, 0.15) is 12.4 Å². The number of aliphatic carboxylic acids is 1. The van der Waals surface area contributed by atoms with E-state index in [-0.39, 0.29) is 6.42 Å². The van der Waals surface area contributed by atoms with Crippen LogP contribution in [0.2, 0.25) is 0 Å². The fraction of sp³-hybridized carbons (Fsp3) is 0.263. The van der Waals surface area contributed by atoms with Gasteiger partial charge in [0.05, 0.1) is 11.6 Å². The molecule has 0 bridgehead atoms. The minimum Gasteiger partial charge on any atom is -0.489 e. The van der Waals surface area contributed by atoms with Crippen molar-refractivity contribution < 1.29 is 14.6 Å². The standard InChI is InChI=1S/C19H20N2O3/c20-12-15-4-1-6-17(10-15)14-24-18-7-2-5-16(11-18)13-21-9-3-8-19(22)23/h1-2,4-7,10-11,21H,3,8-9,13-14H2,(H,22,23). The van der Waals surface area contributed by atoms with E-state index in [0.29, 0.717) is 31.7 Å². The minimum absolute atomic E-state index is 0.178. The number of nitrogens with zero attached hydrogens (tertiary/aromatic N) is 1. The van der Waals surface area contributed by atoms with Crippen LogP contribution in [0.1, 0.15) is 29.5 Å². The van der Waals surface area contributed by atoms with Gasteiger partial charge < -0.3 is 15.2 Å². The van der Waals surface area contributed by atoms with Crippen LogP contribution in [-0.4, -0.2) is 17.6 Å². The molecule has 0 radical (unpaired) electrons. The van der Waals surface area contributed by atoms with Crippen molar-refractivity contribution in [2.45, 2.75) is 26.0 Å². The Bertz CT molecular complexity index is 723. The van der Waals surface area contributed by atoms with Crippen LogP contribution in [0.25, 0.3) is 0 Å². The van der Waals surface area contributed by atoms with E-state index in [9.17, 15) is 4.79 Å². The second kappa shape index (κ2) is 9.33. The zero-order chi connectivity index (χ0) is 17.2. The zero-order valence-corrected chi connectivity index (χ0v) is 13.4. The van der Waals surface area contributed by atoms with Crippen molar-refractivity contribution in [3.05, 3.63) is 65.2 Å². The Hall–Kier alpha value is -2.84. The Morgan fingerprint density at radius 2 is 1.96 bits per heavy atom. The van der Waals surface area contributed by atoms with Crippen molar-refractivity contribution in [1.82, 2.24) is 5.32 Å². The van der Waals surface area contributed by atoms with Gasteiger partial charge in [-0.3, -0.25) is 4.79 Å². The number of carboxylic acids is 1. The number of hydrogen-bond acceptors (Lipinski definition) is 4. The van der Waals surface area contributed by atoms with E-state index >= 15 is 0 Å². The van der Waals surface area contributed by atoms with Gasteiger partial charge in [0.25, 0.3) is 0 Å². The molecule has 0 spiro atoms. The first-order chi connectivity index (χ1) is 11.7. The molecule has 2 aromatic carbocycles. The molecule has 0 aliphatic carbocycles. The minimum atomic E-state index is -0.771. The summed E-state index contributed by atoms with van der Waals surface area (Å²) in [7, 11) is 0. The largest absolute Gasteiger partial charge is 0.489 e. The lowest BCUT2D eigenvalue weighted by molar-refractivity contribution is -0.137. The van der Waals surface area contributed by atoms with Gasteiger partial charge >= 0.3 is 5.97 Å². The highest BCUT2D eigenvalue weighted by Crippen LogP contribution is 2.15. The summed E-state index contributed by atoms with van der Waals surface area (Å²) in [6.07, 6.45) is 0.790. The van der Waals surface area contributed by atoms with Gasteiger partial charge in [-0.1, -0.05) is 24.3 Å². The van der Waals surface area contributed by atoms with E-state index in [1.807, 2.05) is 42.5 Å². The molecule has 0 atom stereocenters. The highest BCUT2D eigenvalue weighted by molar-refractivity contribution is 5.66. The number of ether oxygens (including phenoxy) is 1. The maximum Gasteiger partial charge on any atom is 0.303 e. The molecule has 24 heavy (non-hydrogen) atoms. The van der Waals surface area contributed by atoms with Gasteiger partial charge in [-0.15, -0.1) is 0 Å². The summed E-state index contributed by atoms with van der Waals surface area (Å²) in [5.41, 5.74) is 2.65. The average Bonchev–Trinajstić information content (AvgIpc) is 2.60. The van der Waals surface area contributed by atoms with Crippen molar-refractivity contribution in [3.63, 3.8) is 0 Å². The van der Waals surface area contributed by atoms with Crippen molar-refractivity contribution in [1.29, 1.82) is 5.26 Å². The lowest BCUT2D eigenvalue weighted by atomic mass is 10.1. The van der Waals surface area contributed by atoms with Crippen LogP contribution < -0.4 is 10.1 Å². The summed E-state index contributed by atoms with van der Waals surface area (Å²) in [5.74, 6) is -0.00476. The first-order valence-electron chi connectivity index (χ1n) is 7.80. The van der Waals surface area contributed by atoms with Crippen LogP contribution in [0.4, 0.5) is 0 Å². The molecule has 0 aromatic heterocycles. The molecule has 5 heteroatoms. The third-order valence-corrected chi connectivity index (χ3v) is 3.43. The molecule has 0 aliphatic rings. The van der Waals surface area contributed by atoms with Crippen molar-refractivity contribution >= 4 is 5.97 Å². The van der Waals surface area contributed by atoms with Crippen LogP contribution in [0.15, 0.2) is 48.5 Å². The van der Waals surface area contributed by atoms with E-state index in [0.717, 1.165) is 16.9 Å². The van der Waals surface area contributed by atoms with Crippen LogP contribution in [0, 0.1) is 11.3 Å². The third-order valence-electron chi connectivity index (χ3n) is 3.43. The fourth-order valence-electron chi connectivity index (χ4n) is 2.24. The van der Waals surface area contributed by atoms with Gasteiger partial charge in [0, 0.05) is 13.0 Å². The van der Waals surface area contributed by atoms with E-state index < -0.39 is 5.97 Å². The van der Waals surface area contributed by atoms with Crippen molar-refractivity contribution in [2.75, 3.05) is 6.54 Å². The lowest BCUT2D eigenvalue weighted by Gasteiger charge is -2.09. The van der Waals surface area contributed by atoms with Crippen LogP contribution in [0.5, 0.6) is 5.75 Å². The SMILES string of the molecule is N#Cc1cccc(COc2cccc(CNCCCC(=O)O)c2)c1. The molecule has 0 saturated carbocycles. The summed E-state index contributed by atoms with van der Waals surface area (Å²) in [5, 5.41) is 20.7. The topological polar surface area (TPSA) is 82.3 Å². The summed E-state index contributed by atoms with van der Waals surface area (Å²) in [6.45, 7) is 1.74. The summed E-state index contributed by atoms with van der Waals surface area (Å²) in [4.78, 5) is 10.4. The monoisotopic (exact) mass is 324 g/mol. The van der Waals surface area contributed by atoms with Gasteiger partial charge in [0.15, 0.2) is 0 Å². The highest BCUT2D eigenvalue weighted by Gasteiger charge is 2.01. The predicted molar refractivity (Wildman–Crippen MR) is 90.5 cm³/mol. The number of nitrogens with one attached hydrogen (secondary N) is 1. The highest BCUT2D eigenvalue weighted by atomic mass is 16.5. The van der Waals surface area contributed by atoms with Crippen LogP contribution in [-0.2, 0) is 17.9 Å². The Kier molecular flexibility index (Phi) is 6.81. The summed E-state index contributed by atoms with van der Waals surface area (Å²) in [6, 6.07) is 17.2.